The van der Waals surface area contributed by atoms with Crippen LogP contribution < -0.4 is 5.46 Å². The molecule has 1 fully saturated rings. The lowest BCUT2D eigenvalue weighted by atomic mass is 9.76. The molecule has 1 aliphatic rings. The molecule has 0 spiro atoms. The Morgan fingerprint density at radius 2 is 1.02 bits per heavy atom. The van der Waals surface area contributed by atoms with Gasteiger partial charge >= 0.3 is 7.12 Å². The summed E-state index contributed by atoms with van der Waals surface area (Å²) in [6.07, 6.45) is 0. The number of furan rings is 1. The Kier molecular flexibility index (Phi) is 5.63. The molecule has 1 aliphatic heterocycles. The Labute approximate surface area is 233 Å². The fraction of sp³-hybridized carbons (Fsp3) is 0.182. The minimum Gasteiger partial charge on any atom is -0.456 e. The van der Waals surface area contributed by atoms with E-state index in [4.69, 9.17) is 28.7 Å². The average molecular weight is 525 g/mol. The number of aromatic nitrogens is 3. The van der Waals surface area contributed by atoms with Gasteiger partial charge in [-0.15, -0.1) is 0 Å². The smallest absolute Gasteiger partial charge is 0.456 e. The highest BCUT2D eigenvalue weighted by atomic mass is 16.7. The molecule has 7 rings (SSSR count). The number of benzene rings is 4. The van der Waals surface area contributed by atoms with Gasteiger partial charge in [0, 0.05) is 27.5 Å². The van der Waals surface area contributed by atoms with Crippen molar-refractivity contribution in [2.24, 2.45) is 0 Å². The van der Waals surface area contributed by atoms with Gasteiger partial charge in [-0.1, -0.05) is 84.9 Å². The standard InChI is InChI=1S/C33H28BN3O3/c1-32(2)33(3,4)40-34(39-32)24-18-12-20-26-28(24)27-23(17-11-19-25(27)38-26)31-36-29(21-13-7-5-8-14-21)35-30(37-31)22-15-9-6-10-16-22/h5-20H,1-4H3. The molecule has 0 aliphatic carbocycles. The monoisotopic (exact) mass is 525 g/mol. The predicted octanol–water partition coefficient (Wildman–Crippen LogP) is 7.07. The van der Waals surface area contributed by atoms with Gasteiger partial charge in [-0.2, -0.15) is 0 Å². The Morgan fingerprint density at radius 1 is 0.525 bits per heavy atom. The molecular weight excluding hydrogens is 497 g/mol. The minimum atomic E-state index is -0.541. The fourth-order valence-corrected chi connectivity index (χ4v) is 5.18. The Bertz CT molecular complexity index is 1790. The first-order valence-electron chi connectivity index (χ1n) is 13.5. The maximum atomic E-state index is 6.47. The largest absolute Gasteiger partial charge is 0.495 e. The zero-order valence-corrected chi connectivity index (χ0v) is 22.9. The van der Waals surface area contributed by atoms with Gasteiger partial charge in [0.05, 0.1) is 11.2 Å². The maximum absolute atomic E-state index is 6.47. The van der Waals surface area contributed by atoms with Crippen molar-refractivity contribution in [3.05, 3.63) is 97.1 Å². The normalized spacial score (nSPS) is 16.1. The summed E-state index contributed by atoms with van der Waals surface area (Å²) >= 11 is 0. The van der Waals surface area contributed by atoms with Gasteiger partial charge < -0.3 is 13.7 Å². The van der Waals surface area contributed by atoms with Crippen molar-refractivity contribution in [1.29, 1.82) is 0 Å². The van der Waals surface area contributed by atoms with Crippen LogP contribution in [-0.4, -0.2) is 33.3 Å². The van der Waals surface area contributed by atoms with Crippen molar-refractivity contribution < 1.29 is 13.7 Å². The molecule has 7 heteroatoms. The van der Waals surface area contributed by atoms with Crippen molar-refractivity contribution in [2.75, 3.05) is 0 Å². The first-order valence-corrected chi connectivity index (χ1v) is 13.5. The van der Waals surface area contributed by atoms with Crippen molar-refractivity contribution in [3.63, 3.8) is 0 Å². The third kappa shape index (κ3) is 4.01. The van der Waals surface area contributed by atoms with E-state index in [0.717, 1.165) is 44.1 Å². The molecule has 2 aromatic heterocycles. The predicted molar refractivity (Wildman–Crippen MR) is 159 cm³/mol. The van der Waals surface area contributed by atoms with Gasteiger partial charge in [0.2, 0.25) is 0 Å². The SMILES string of the molecule is CC1(C)OB(c2cccc3oc4cccc(-c5nc(-c6ccccc6)nc(-c6ccccc6)n5)c4c23)OC1(C)C. The lowest BCUT2D eigenvalue weighted by Crippen LogP contribution is -2.41. The van der Waals surface area contributed by atoms with E-state index in [0.29, 0.717) is 17.5 Å². The van der Waals surface area contributed by atoms with Crippen LogP contribution in [0.2, 0.25) is 0 Å². The molecule has 0 atom stereocenters. The van der Waals surface area contributed by atoms with E-state index in [9.17, 15) is 0 Å². The van der Waals surface area contributed by atoms with Crippen LogP contribution in [0.25, 0.3) is 56.1 Å². The van der Waals surface area contributed by atoms with Crippen LogP contribution in [0.3, 0.4) is 0 Å². The molecule has 40 heavy (non-hydrogen) atoms. The van der Waals surface area contributed by atoms with Crippen molar-refractivity contribution >= 4 is 34.5 Å². The molecule has 3 heterocycles. The lowest BCUT2D eigenvalue weighted by molar-refractivity contribution is 0.00578. The van der Waals surface area contributed by atoms with Gasteiger partial charge in [-0.25, -0.2) is 15.0 Å². The summed E-state index contributed by atoms with van der Waals surface area (Å²) in [5, 5.41) is 1.86. The summed E-state index contributed by atoms with van der Waals surface area (Å²) in [5.74, 6) is 1.80. The van der Waals surface area contributed by atoms with Gasteiger partial charge in [0.15, 0.2) is 17.5 Å². The molecular formula is C33H28BN3O3. The molecule has 0 amide bonds. The summed E-state index contributed by atoms with van der Waals surface area (Å²) < 4.78 is 19.3. The molecule has 0 unspecified atom stereocenters. The zero-order valence-electron chi connectivity index (χ0n) is 22.9. The van der Waals surface area contributed by atoms with Gasteiger partial charge in [-0.3, -0.25) is 0 Å². The van der Waals surface area contributed by atoms with Crippen molar-refractivity contribution in [2.45, 2.75) is 38.9 Å². The van der Waals surface area contributed by atoms with E-state index >= 15 is 0 Å². The molecule has 0 bridgehead atoms. The molecule has 196 valence electrons. The van der Waals surface area contributed by atoms with Crippen LogP contribution in [-0.2, 0) is 9.31 Å². The molecule has 0 saturated carbocycles. The second-order valence-corrected chi connectivity index (χ2v) is 11.1. The molecule has 6 nitrogen and oxygen atoms in total. The highest BCUT2D eigenvalue weighted by Crippen LogP contribution is 2.40. The van der Waals surface area contributed by atoms with Crippen LogP contribution >= 0.6 is 0 Å². The summed E-state index contributed by atoms with van der Waals surface area (Å²) in [7, 11) is -0.541. The minimum absolute atomic E-state index is 0.467. The van der Waals surface area contributed by atoms with E-state index in [1.165, 1.54) is 0 Å². The summed E-state index contributed by atoms with van der Waals surface area (Å²) in [6.45, 7) is 8.25. The molecule has 0 radical (unpaired) electrons. The number of fused-ring (bicyclic) bond motifs is 3. The van der Waals surface area contributed by atoms with E-state index in [2.05, 4.69) is 33.8 Å². The van der Waals surface area contributed by atoms with E-state index in [1.807, 2.05) is 91.0 Å². The summed E-state index contributed by atoms with van der Waals surface area (Å²) in [6, 6.07) is 32.0. The number of hydrogen-bond acceptors (Lipinski definition) is 6. The summed E-state index contributed by atoms with van der Waals surface area (Å²) in [4.78, 5) is 14.8. The van der Waals surface area contributed by atoms with Gasteiger partial charge in [0.1, 0.15) is 11.2 Å². The number of nitrogens with zero attached hydrogens (tertiary/aromatic N) is 3. The molecule has 6 aromatic rings. The third-order valence-electron chi connectivity index (χ3n) is 8.00. The van der Waals surface area contributed by atoms with Crippen molar-refractivity contribution in [3.8, 4) is 34.2 Å². The van der Waals surface area contributed by atoms with E-state index in [-0.39, 0.29) is 0 Å². The topological polar surface area (TPSA) is 70.3 Å². The Balaban J connectivity index is 1.48. The van der Waals surface area contributed by atoms with Crippen LogP contribution in [0.15, 0.2) is 101 Å². The second-order valence-electron chi connectivity index (χ2n) is 11.1. The maximum Gasteiger partial charge on any atom is 0.495 e. The number of rotatable bonds is 4. The van der Waals surface area contributed by atoms with Crippen molar-refractivity contribution in [1.82, 2.24) is 15.0 Å². The lowest BCUT2D eigenvalue weighted by Gasteiger charge is -2.32. The average Bonchev–Trinajstić information content (AvgIpc) is 3.46. The van der Waals surface area contributed by atoms with Crippen LogP contribution in [0.5, 0.6) is 0 Å². The third-order valence-corrected chi connectivity index (χ3v) is 8.00. The second kappa shape index (κ2) is 9.12. The highest BCUT2D eigenvalue weighted by molar-refractivity contribution is 6.66. The van der Waals surface area contributed by atoms with Gasteiger partial charge in [-0.05, 0) is 45.3 Å². The van der Waals surface area contributed by atoms with Crippen LogP contribution in [0.4, 0.5) is 0 Å². The Hall–Kier alpha value is -4.33. The first-order chi connectivity index (χ1) is 19.3. The molecule has 4 aromatic carbocycles. The number of hydrogen-bond donors (Lipinski definition) is 0. The Morgan fingerprint density at radius 3 is 1.60 bits per heavy atom. The van der Waals surface area contributed by atoms with Crippen LogP contribution in [0.1, 0.15) is 27.7 Å². The zero-order chi connectivity index (χ0) is 27.5. The van der Waals surface area contributed by atoms with Crippen LogP contribution in [0, 0.1) is 0 Å². The fourth-order valence-electron chi connectivity index (χ4n) is 5.18. The van der Waals surface area contributed by atoms with E-state index in [1.54, 1.807) is 0 Å². The quantitative estimate of drug-likeness (QED) is 0.229. The van der Waals surface area contributed by atoms with Gasteiger partial charge in [0.25, 0.3) is 0 Å². The highest BCUT2D eigenvalue weighted by Gasteiger charge is 2.52. The first kappa shape index (κ1) is 24.7. The summed E-state index contributed by atoms with van der Waals surface area (Å²) in [5.41, 5.74) is 4.20. The molecule has 1 saturated heterocycles. The molecule has 0 N–H and O–H groups in total. The van der Waals surface area contributed by atoms with E-state index < -0.39 is 18.3 Å².